The van der Waals surface area contributed by atoms with Crippen LogP contribution in [-0.2, 0) is 5.54 Å². The molecule has 2 heterocycles. The Kier molecular flexibility index (Phi) is 2.00. The molecule has 0 saturated carbocycles. The second-order valence-corrected chi connectivity index (χ2v) is 4.95. The minimum atomic E-state index is -0.602. The molecular weight excluding hydrogens is 212 g/mol. The van der Waals surface area contributed by atoms with Gasteiger partial charge in [0.15, 0.2) is 5.71 Å². The molecule has 0 aliphatic carbocycles. The van der Waals surface area contributed by atoms with E-state index in [0.717, 1.165) is 0 Å². The molecule has 2 N–H and O–H groups in total. The second-order valence-electron chi connectivity index (χ2n) is 4.95. The van der Waals surface area contributed by atoms with Gasteiger partial charge in [-0.05, 0) is 32.6 Å². The zero-order valence-corrected chi connectivity index (χ0v) is 9.61. The normalized spacial score (nSPS) is 24.4. The van der Waals surface area contributed by atoms with E-state index in [0.29, 0.717) is 22.0 Å². The Morgan fingerprint density at radius 1 is 1.38 bits per heavy atom. The van der Waals surface area contributed by atoms with Crippen molar-refractivity contribution in [3.63, 3.8) is 0 Å². The molecule has 16 heavy (non-hydrogen) atoms. The van der Waals surface area contributed by atoms with Gasteiger partial charge in [0.25, 0.3) is 5.69 Å². The smallest absolute Gasteiger partial charge is 0.272 e. The Bertz CT molecular complexity index is 461. The van der Waals surface area contributed by atoms with Crippen LogP contribution in [0.5, 0.6) is 0 Å². The van der Waals surface area contributed by atoms with Crippen LogP contribution in [0.3, 0.4) is 0 Å². The van der Waals surface area contributed by atoms with E-state index in [1.54, 1.807) is 0 Å². The first-order valence-electron chi connectivity index (χ1n) is 4.92. The van der Waals surface area contributed by atoms with E-state index >= 15 is 0 Å². The number of oxime groups is 1. The molecule has 0 atom stereocenters. The van der Waals surface area contributed by atoms with E-state index in [4.69, 9.17) is 5.21 Å². The lowest BCUT2D eigenvalue weighted by atomic mass is 9.82. The average molecular weight is 226 g/mol. The van der Waals surface area contributed by atoms with Gasteiger partial charge in [0.05, 0.1) is 11.1 Å². The molecule has 0 radical (unpaired) electrons. The van der Waals surface area contributed by atoms with Gasteiger partial charge in [0.1, 0.15) is 0 Å². The first kappa shape index (κ1) is 10.9. The Hall–Kier alpha value is -1.63. The van der Waals surface area contributed by atoms with Gasteiger partial charge in [-0.15, -0.1) is 0 Å². The Morgan fingerprint density at radius 2 is 2.00 bits per heavy atom. The molecule has 0 spiro atoms. The van der Waals surface area contributed by atoms with Gasteiger partial charge in [-0.1, -0.05) is 5.16 Å². The molecule has 0 bridgehead atoms. The summed E-state index contributed by atoms with van der Waals surface area (Å²) in [7, 11) is 0. The van der Waals surface area contributed by atoms with Crippen LogP contribution in [0.4, 0.5) is 0 Å². The van der Waals surface area contributed by atoms with E-state index < -0.39 is 11.1 Å². The molecule has 88 valence electrons. The van der Waals surface area contributed by atoms with Gasteiger partial charge >= 0.3 is 0 Å². The van der Waals surface area contributed by atoms with Crippen LogP contribution in [0, 0.1) is 5.21 Å². The van der Waals surface area contributed by atoms with Crippen molar-refractivity contribution < 1.29 is 14.7 Å². The molecule has 0 fully saturated rings. The Morgan fingerprint density at radius 3 is 2.56 bits per heavy atom. The van der Waals surface area contributed by atoms with Crippen molar-refractivity contribution in [3.05, 3.63) is 16.6 Å². The molecule has 0 aromatic carbocycles. The van der Waals surface area contributed by atoms with Gasteiger partial charge in [0.2, 0.25) is 5.69 Å². The lowest BCUT2D eigenvalue weighted by Crippen LogP contribution is -2.62. The molecule has 7 heteroatoms. The molecule has 1 aliphatic rings. The SMILES string of the molecule is CC1(C)NC(C)(C)c2c(no[n+]2[O-])/C1=N\O. The maximum atomic E-state index is 11.5. The first-order chi connectivity index (χ1) is 7.29. The molecule has 7 nitrogen and oxygen atoms in total. The topological polar surface area (TPSA) is 97.6 Å². The Labute approximate surface area is 92.3 Å². The van der Waals surface area contributed by atoms with E-state index in [1.807, 2.05) is 27.7 Å². The number of fused-ring (bicyclic) bond motifs is 1. The standard InChI is InChI=1S/C9H14N4O3/c1-8(2)6(10-14)5-7(9(3,4)12-8)13(15)16-11-5/h12,14H,1-4H3/b10-6+. The molecule has 1 aliphatic heterocycles. The predicted molar refractivity (Wildman–Crippen MR) is 54.0 cm³/mol. The van der Waals surface area contributed by atoms with Gasteiger partial charge in [-0.3, -0.25) is 9.95 Å². The van der Waals surface area contributed by atoms with Gasteiger partial charge < -0.3 is 10.4 Å². The minimum absolute atomic E-state index is 0.292. The fourth-order valence-electron chi connectivity index (χ4n) is 2.30. The third-order valence-corrected chi connectivity index (χ3v) is 2.75. The van der Waals surface area contributed by atoms with Crippen molar-refractivity contribution in [3.8, 4) is 0 Å². The maximum Gasteiger partial charge on any atom is 0.272 e. The van der Waals surface area contributed by atoms with Crippen LogP contribution in [0.2, 0.25) is 0 Å². The lowest BCUT2D eigenvalue weighted by Gasteiger charge is -2.38. The van der Waals surface area contributed by atoms with Crippen molar-refractivity contribution in [2.24, 2.45) is 5.16 Å². The number of hydrogen-bond donors (Lipinski definition) is 2. The summed E-state index contributed by atoms with van der Waals surface area (Å²) < 4.78 is 4.56. The highest BCUT2D eigenvalue weighted by atomic mass is 16.8. The molecule has 0 saturated heterocycles. The highest BCUT2D eigenvalue weighted by Gasteiger charge is 2.50. The van der Waals surface area contributed by atoms with Crippen molar-refractivity contribution in [1.29, 1.82) is 0 Å². The summed E-state index contributed by atoms with van der Waals surface area (Å²) in [6.07, 6.45) is 0. The third-order valence-electron chi connectivity index (χ3n) is 2.75. The van der Waals surface area contributed by atoms with Crippen molar-refractivity contribution in [2.75, 3.05) is 0 Å². The summed E-state index contributed by atoms with van der Waals surface area (Å²) in [5, 5.41) is 30.5. The highest BCUT2D eigenvalue weighted by Crippen LogP contribution is 2.31. The van der Waals surface area contributed by atoms with Crippen LogP contribution in [0.25, 0.3) is 0 Å². The molecule has 1 aromatic heterocycles. The summed E-state index contributed by atoms with van der Waals surface area (Å²) in [6, 6.07) is 0. The molecular formula is C9H14N4O3. The van der Waals surface area contributed by atoms with Crippen LogP contribution >= 0.6 is 0 Å². The number of nitrogens with one attached hydrogen (secondary N) is 1. The fourth-order valence-corrected chi connectivity index (χ4v) is 2.30. The number of rotatable bonds is 0. The minimum Gasteiger partial charge on any atom is -0.410 e. The number of aromatic nitrogens is 2. The van der Waals surface area contributed by atoms with Crippen molar-refractivity contribution >= 4 is 5.71 Å². The van der Waals surface area contributed by atoms with Gasteiger partial charge in [0, 0.05) is 5.16 Å². The highest BCUT2D eigenvalue weighted by molar-refractivity contribution is 6.06. The summed E-state index contributed by atoms with van der Waals surface area (Å²) >= 11 is 0. The predicted octanol–water partition coefficient (Wildman–Crippen LogP) is 0.103. The van der Waals surface area contributed by atoms with Crippen LogP contribution in [0.1, 0.15) is 39.1 Å². The zero-order chi connectivity index (χ0) is 12.1. The van der Waals surface area contributed by atoms with Crippen LogP contribution in [-0.4, -0.2) is 21.6 Å². The first-order valence-corrected chi connectivity index (χ1v) is 4.92. The number of hydrogen-bond acceptors (Lipinski definition) is 6. The maximum absolute atomic E-state index is 11.5. The molecule has 0 unspecified atom stereocenters. The van der Waals surface area contributed by atoms with Crippen molar-refractivity contribution in [2.45, 2.75) is 38.8 Å². The fraction of sp³-hybridized carbons (Fsp3) is 0.667. The average Bonchev–Trinajstić information content (AvgIpc) is 2.45. The molecule has 2 rings (SSSR count). The van der Waals surface area contributed by atoms with Crippen molar-refractivity contribution in [1.82, 2.24) is 10.5 Å². The van der Waals surface area contributed by atoms with E-state index in [9.17, 15) is 5.21 Å². The van der Waals surface area contributed by atoms with Crippen LogP contribution < -0.4 is 10.2 Å². The third kappa shape index (κ3) is 1.28. The van der Waals surface area contributed by atoms with Gasteiger partial charge in [-0.25, -0.2) is 0 Å². The van der Waals surface area contributed by atoms with E-state index in [1.165, 1.54) is 0 Å². The summed E-state index contributed by atoms with van der Waals surface area (Å²) in [5.74, 6) is 0. The van der Waals surface area contributed by atoms with E-state index in [2.05, 4.69) is 20.3 Å². The zero-order valence-electron chi connectivity index (χ0n) is 9.61. The largest absolute Gasteiger partial charge is 0.410 e. The number of nitrogens with zero attached hydrogens (tertiary/aromatic N) is 3. The second kappa shape index (κ2) is 2.94. The van der Waals surface area contributed by atoms with Gasteiger partial charge in [-0.2, -0.15) is 0 Å². The van der Waals surface area contributed by atoms with Crippen LogP contribution in [0.15, 0.2) is 9.78 Å². The van der Waals surface area contributed by atoms with E-state index in [-0.39, 0.29) is 0 Å². The summed E-state index contributed by atoms with van der Waals surface area (Å²) in [6.45, 7) is 7.37. The Balaban J connectivity index is 2.72. The lowest BCUT2D eigenvalue weighted by molar-refractivity contribution is -0.810. The summed E-state index contributed by atoms with van der Waals surface area (Å²) in [5.41, 5.74) is -0.282. The molecule has 1 aromatic rings. The summed E-state index contributed by atoms with van der Waals surface area (Å²) in [4.78, 5) is 0.336. The molecule has 0 amide bonds. The monoisotopic (exact) mass is 226 g/mol. The quantitative estimate of drug-likeness (QED) is 0.371.